The van der Waals surface area contributed by atoms with Crippen molar-refractivity contribution in [3.63, 3.8) is 0 Å². The zero-order valence-electron chi connectivity index (χ0n) is 13.3. The summed E-state index contributed by atoms with van der Waals surface area (Å²) in [6, 6.07) is 15.9. The van der Waals surface area contributed by atoms with Crippen molar-refractivity contribution < 1.29 is 4.74 Å². The summed E-state index contributed by atoms with van der Waals surface area (Å²) in [6.07, 6.45) is 1.73. The second-order valence-corrected chi connectivity index (χ2v) is 6.76. The fourth-order valence-electron chi connectivity index (χ4n) is 2.26. The van der Waals surface area contributed by atoms with Crippen molar-refractivity contribution in [2.75, 3.05) is 7.11 Å². The molecule has 3 aromatic rings. The van der Waals surface area contributed by atoms with Gasteiger partial charge < -0.3 is 4.74 Å². The third-order valence-electron chi connectivity index (χ3n) is 3.42. The summed E-state index contributed by atoms with van der Waals surface area (Å²) < 4.78 is 8.20. The summed E-state index contributed by atoms with van der Waals surface area (Å²) >= 11 is 5.04. The van der Waals surface area contributed by atoms with Crippen molar-refractivity contribution in [2.45, 2.75) is 6.92 Å². The molecule has 0 radical (unpaired) electrons. The molecule has 0 saturated heterocycles. The van der Waals surface area contributed by atoms with Crippen LogP contribution in [0.5, 0.6) is 5.75 Å². The highest BCUT2D eigenvalue weighted by atomic mass is 79.9. The van der Waals surface area contributed by atoms with Crippen molar-refractivity contribution in [3.05, 3.63) is 74.4 Å². The third kappa shape index (κ3) is 3.66. The fraction of sp³-hybridized carbons (Fsp3) is 0.111. The Bertz CT molecular complexity index is 929. The molecule has 1 aromatic heterocycles. The van der Waals surface area contributed by atoms with Gasteiger partial charge in [-0.2, -0.15) is 5.10 Å². The number of aromatic nitrogens is 1. The van der Waals surface area contributed by atoms with Gasteiger partial charge in [0.15, 0.2) is 0 Å². The first kappa shape index (κ1) is 16.7. The molecule has 4 nitrogen and oxygen atoms in total. The number of aryl methyl sites for hydroxylation is 1. The van der Waals surface area contributed by atoms with Crippen molar-refractivity contribution in [3.8, 4) is 11.4 Å². The number of para-hydroxylation sites is 1. The molecular formula is C18H16BrN3OS. The smallest absolute Gasteiger partial charge is 0.215 e. The van der Waals surface area contributed by atoms with Gasteiger partial charge in [-0.1, -0.05) is 18.2 Å². The lowest BCUT2D eigenvalue weighted by Gasteiger charge is -2.04. The average Bonchev–Trinajstić information content (AvgIpc) is 2.96. The molecule has 0 amide bonds. The Morgan fingerprint density at radius 3 is 2.67 bits per heavy atom. The van der Waals surface area contributed by atoms with Gasteiger partial charge in [-0.15, -0.1) is 16.4 Å². The molecule has 3 rings (SSSR count). The fourth-order valence-corrected chi connectivity index (χ4v) is 3.65. The minimum atomic E-state index is 0.792. The summed E-state index contributed by atoms with van der Waals surface area (Å²) in [5.74, 6) is 0.792. The van der Waals surface area contributed by atoms with Gasteiger partial charge in [0.05, 0.1) is 17.8 Å². The van der Waals surface area contributed by atoms with E-state index < -0.39 is 0 Å². The number of hydrogen-bond donors (Lipinski definition) is 0. The van der Waals surface area contributed by atoms with E-state index in [1.807, 2.05) is 36.4 Å². The predicted molar refractivity (Wildman–Crippen MR) is 102 cm³/mol. The van der Waals surface area contributed by atoms with Crippen LogP contribution in [-0.2, 0) is 0 Å². The third-order valence-corrected chi connectivity index (χ3v) is 4.97. The molecule has 24 heavy (non-hydrogen) atoms. The normalized spacial score (nSPS) is 12.0. The lowest BCUT2D eigenvalue weighted by atomic mass is 10.2. The number of methoxy groups -OCH3 is 1. The number of ether oxygens (including phenoxy) is 1. The van der Waals surface area contributed by atoms with Crippen LogP contribution in [-0.4, -0.2) is 17.9 Å². The van der Waals surface area contributed by atoms with Gasteiger partial charge in [0, 0.05) is 16.8 Å². The second kappa shape index (κ2) is 7.59. The molecule has 0 spiro atoms. The second-order valence-electron chi connectivity index (χ2n) is 5.07. The molecule has 0 aliphatic carbocycles. The van der Waals surface area contributed by atoms with Crippen molar-refractivity contribution in [1.29, 1.82) is 0 Å². The summed E-state index contributed by atoms with van der Waals surface area (Å²) in [5, 5.41) is 10.7. The van der Waals surface area contributed by atoms with Crippen LogP contribution < -0.4 is 9.54 Å². The molecule has 0 fully saturated rings. The van der Waals surface area contributed by atoms with E-state index in [0.717, 1.165) is 32.0 Å². The van der Waals surface area contributed by atoms with Gasteiger partial charge in [0.1, 0.15) is 5.75 Å². The Hall–Kier alpha value is -2.18. The van der Waals surface area contributed by atoms with Crippen LogP contribution in [0.1, 0.15) is 11.3 Å². The maximum atomic E-state index is 5.22. The number of nitrogens with zero attached hydrogens (tertiary/aromatic N) is 3. The average molecular weight is 402 g/mol. The molecule has 0 aliphatic heterocycles. The molecule has 0 saturated carbocycles. The van der Waals surface area contributed by atoms with Crippen molar-refractivity contribution >= 4 is 33.5 Å². The number of rotatable bonds is 4. The Kier molecular flexibility index (Phi) is 5.27. The highest BCUT2D eigenvalue weighted by Crippen LogP contribution is 2.24. The zero-order chi connectivity index (χ0) is 16.9. The number of hydrogen-bond acceptors (Lipinski definition) is 4. The van der Waals surface area contributed by atoms with Gasteiger partial charge in [-0.05, 0) is 58.7 Å². The van der Waals surface area contributed by atoms with Crippen LogP contribution in [0.4, 0.5) is 0 Å². The van der Waals surface area contributed by atoms with Crippen LogP contribution >= 0.6 is 27.3 Å². The lowest BCUT2D eigenvalue weighted by molar-refractivity contribution is 0.412. The lowest BCUT2D eigenvalue weighted by Crippen LogP contribution is -2.13. The molecule has 2 aromatic carbocycles. The number of thiazole rings is 1. The van der Waals surface area contributed by atoms with E-state index in [-0.39, 0.29) is 0 Å². The van der Waals surface area contributed by atoms with E-state index in [4.69, 9.17) is 4.74 Å². The summed E-state index contributed by atoms with van der Waals surface area (Å²) in [4.78, 5) is 0.836. The standard InChI is InChI=1S/C18H16BrN3OS/c1-13-12-24-18(22(13)15-6-4-3-5-7-15)21-20-11-14-8-9-17(23-2)16(19)10-14/h3-12H,1-2H3/b20-11-,21-18-. The van der Waals surface area contributed by atoms with Crippen LogP contribution in [0.2, 0.25) is 0 Å². The first-order valence-corrected chi connectivity index (χ1v) is 8.99. The molecular weight excluding hydrogens is 386 g/mol. The van der Waals surface area contributed by atoms with Gasteiger partial charge in [-0.25, -0.2) is 0 Å². The van der Waals surface area contributed by atoms with E-state index >= 15 is 0 Å². The number of halogens is 1. The Morgan fingerprint density at radius 1 is 1.17 bits per heavy atom. The van der Waals surface area contributed by atoms with E-state index in [1.54, 1.807) is 24.7 Å². The molecule has 0 unspecified atom stereocenters. The quantitative estimate of drug-likeness (QED) is 0.466. The molecule has 0 aliphatic rings. The highest BCUT2D eigenvalue weighted by Gasteiger charge is 2.03. The minimum absolute atomic E-state index is 0.792. The van der Waals surface area contributed by atoms with Gasteiger partial charge >= 0.3 is 0 Å². The topological polar surface area (TPSA) is 38.9 Å². The molecule has 0 atom stereocenters. The van der Waals surface area contributed by atoms with E-state index in [1.165, 1.54) is 0 Å². The number of benzene rings is 2. The van der Waals surface area contributed by atoms with Gasteiger partial charge in [0.25, 0.3) is 0 Å². The van der Waals surface area contributed by atoms with Crippen molar-refractivity contribution in [1.82, 2.24) is 4.57 Å². The van der Waals surface area contributed by atoms with Crippen LogP contribution in [0, 0.1) is 6.92 Å². The SMILES string of the molecule is COc1ccc(/C=N\N=c2/scc(C)n2-c2ccccc2)cc1Br. The van der Waals surface area contributed by atoms with E-state index in [9.17, 15) is 0 Å². The summed E-state index contributed by atoms with van der Waals surface area (Å²) in [7, 11) is 1.64. The molecule has 0 bridgehead atoms. The molecule has 0 N–H and O–H groups in total. The molecule has 6 heteroatoms. The Labute approximate surface area is 152 Å². The van der Waals surface area contributed by atoms with Crippen LogP contribution in [0.25, 0.3) is 5.69 Å². The maximum Gasteiger partial charge on any atom is 0.215 e. The Morgan fingerprint density at radius 2 is 1.96 bits per heavy atom. The zero-order valence-corrected chi connectivity index (χ0v) is 15.7. The van der Waals surface area contributed by atoms with Crippen LogP contribution in [0.15, 0.2) is 68.6 Å². The van der Waals surface area contributed by atoms with E-state index in [2.05, 4.69) is 55.1 Å². The minimum Gasteiger partial charge on any atom is -0.496 e. The molecule has 1 heterocycles. The van der Waals surface area contributed by atoms with E-state index in [0.29, 0.717) is 0 Å². The first-order valence-electron chi connectivity index (χ1n) is 7.32. The highest BCUT2D eigenvalue weighted by molar-refractivity contribution is 9.10. The summed E-state index contributed by atoms with van der Waals surface area (Å²) in [5.41, 5.74) is 3.16. The van der Waals surface area contributed by atoms with Gasteiger partial charge in [-0.3, -0.25) is 4.57 Å². The molecule has 122 valence electrons. The van der Waals surface area contributed by atoms with Gasteiger partial charge in [0.2, 0.25) is 4.80 Å². The van der Waals surface area contributed by atoms with Crippen molar-refractivity contribution in [2.24, 2.45) is 10.2 Å². The Balaban J connectivity index is 1.92. The first-order chi connectivity index (χ1) is 11.7. The largest absolute Gasteiger partial charge is 0.496 e. The monoisotopic (exact) mass is 401 g/mol. The van der Waals surface area contributed by atoms with Crippen LogP contribution in [0.3, 0.4) is 0 Å². The maximum absolute atomic E-state index is 5.22. The predicted octanol–water partition coefficient (Wildman–Crippen LogP) is 4.55. The summed E-state index contributed by atoms with van der Waals surface area (Å²) in [6.45, 7) is 2.06.